The first kappa shape index (κ1) is 10.9. The number of thiocarbonyl (C=S) groups is 1. The Labute approximate surface area is 97.7 Å². The van der Waals surface area contributed by atoms with Crippen molar-refractivity contribution in [2.75, 3.05) is 0 Å². The Morgan fingerprint density at radius 1 is 1.44 bits per heavy atom. The number of oxazole rings is 1. The highest BCUT2D eigenvalue weighted by Crippen LogP contribution is 2.12. The van der Waals surface area contributed by atoms with Gasteiger partial charge in [0.25, 0.3) is 0 Å². The van der Waals surface area contributed by atoms with Gasteiger partial charge in [0.1, 0.15) is 0 Å². The normalized spacial score (nSPS) is 10.8. The average molecular weight is 236 g/mol. The fourth-order valence-corrected chi connectivity index (χ4v) is 1.78. The first-order valence-corrected chi connectivity index (χ1v) is 5.46. The molecular formula is C11H12N2O2S. The van der Waals surface area contributed by atoms with Crippen molar-refractivity contribution in [3.63, 3.8) is 0 Å². The van der Waals surface area contributed by atoms with Crippen LogP contribution in [0.2, 0.25) is 0 Å². The molecule has 0 radical (unpaired) electrons. The summed E-state index contributed by atoms with van der Waals surface area (Å²) in [6, 6.07) is 7.35. The van der Waals surface area contributed by atoms with Crippen LogP contribution < -0.4 is 11.5 Å². The molecule has 16 heavy (non-hydrogen) atoms. The first-order chi connectivity index (χ1) is 7.68. The van der Waals surface area contributed by atoms with Crippen molar-refractivity contribution in [2.45, 2.75) is 19.4 Å². The zero-order valence-electron chi connectivity index (χ0n) is 8.68. The smallest absolute Gasteiger partial charge is 0.408 e. The molecule has 0 saturated carbocycles. The van der Waals surface area contributed by atoms with Gasteiger partial charge in [0, 0.05) is 6.54 Å². The molecule has 0 bridgehead atoms. The number of aromatic nitrogens is 1. The minimum atomic E-state index is -0.330. The van der Waals surface area contributed by atoms with Gasteiger partial charge in [-0.15, -0.1) is 0 Å². The van der Waals surface area contributed by atoms with Gasteiger partial charge in [-0.25, -0.2) is 4.79 Å². The van der Waals surface area contributed by atoms with Crippen molar-refractivity contribution in [2.24, 2.45) is 5.73 Å². The van der Waals surface area contributed by atoms with Crippen molar-refractivity contribution in [1.82, 2.24) is 4.57 Å². The van der Waals surface area contributed by atoms with E-state index in [9.17, 15) is 4.79 Å². The fraction of sp³-hybridized carbons (Fsp3) is 0.273. The standard InChI is InChI=1S/C11H12N2O2S/c12-10(16)6-3-7-13-8-4-1-2-5-9(8)15-11(13)14/h1-2,4-5H,3,6-7H2,(H2,12,16). The molecule has 0 aliphatic heterocycles. The first-order valence-electron chi connectivity index (χ1n) is 5.05. The second-order valence-corrected chi connectivity index (χ2v) is 4.08. The number of para-hydroxylation sites is 2. The molecule has 2 aromatic rings. The van der Waals surface area contributed by atoms with Gasteiger partial charge < -0.3 is 10.2 Å². The van der Waals surface area contributed by atoms with Crippen molar-refractivity contribution < 1.29 is 4.42 Å². The summed E-state index contributed by atoms with van der Waals surface area (Å²) in [4.78, 5) is 12.0. The van der Waals surface area contributed by atoms with Gasteiger partial charge in [0.05, 0.1) is 10.5 Å². The van der Waals surface area contributed by atoms with E-state index in [0.29, 0.717) is 23.5 Å². The Hall–Kier alpha value is -1.62. The summed E-state index contributed by atoms with van der Waals surface area (Å²) in [5, 5.41) is 0. The minimum absolute atomic E-state index is 0.330. The second kappa shape index (κ2) is 4.49. The molecule has 2 rings (SSSR count). The largest absolute Gasteiger partial charge is 0.419 e. The summed E-state index contributed by atoms with van der Waals surface area (Å²) in [7, 11) is 0. The van der Waals surface area contributed by atoms with E-state index in [-0.39, 0.29) is 5.76 Å². The van der Waals surface area contributed by atoms with Crippen LogP contribution in [0.4, 0.5) is 0 Å². The van der Waals surface area contributed by atoms with Gasteiger partial charge >= 0.3 is 5.76 Å². The highest BCUT2D eigenvalue weighted by Gasteiger charge is 2.07. The van der Waals surface area contributed by atoms with Crippen molar-refractivity contribution in [3.05, 3.63) is 34.8 Å². The third-order valence-electron chi connectivity index (χ3n) is 2.38. The Bertz CT molecular complexity index is 571. The van der Waals surface area contributed by atoms with Crippen molar-refractivity contribution >= 4 is 28.3 Å². The third-order valence-corrected chi connectivity index (χ3v) is 2.58. The lowest BCUT2D eigenvalue weighted by molar-refractivity contribution is 0.500. The second-order valence-electron chi connectivity index (χ2n) is 3.56. The van der Waals surface area contributed by atoms with Gasteiger partial charge in [-0.3, -0.25) is 4.57 Å². The molecule has 84 valence electrons. The number of hydrogen-bond acceptors (Lipinski definition) is 3. The fourth-order valence-electron chi connectivity index (χ4n) is 1.64. The Balaban J connectivity index is 2.26. The van der Waals surface area contributed by atoms with Gasteiger partial charge in [0.2, 0.25) is 0 Å². The Morgan fingerprint density at radius 2 is 2.19 bits per heavy atom. The summed E-state index contributed by atoms with van der Waals surface area (Å²) in [6.45, 7) is 0.577. The molecule has 0 amide bonds. The van der Waals surface area contributed by atoms with Crippen LogP contribution in [0.15, 0.2) is 33.5 Å². The van der Waals surface area contributed by atoms with Gasteiger partial charge in [-0.05, 0) is 25.0 Å². The molecule has 0 spiro atoms. The maximum Gasteiger partial charge on any atom is 0.419 e. The van der Waals surface area contributed by atoms with Crippen LogP contribution >= 0.6 is 12.2 Å². The summed E-state index contributed by atoms with van der Waals surface area (Å²) in [5.74, 6) is -0.330. The third kappa shape index (κ3) is 2.14. The number of nitrogens with two attached hydrogens (primary N) is 1. The number of aryl methyl sites for hydroxylation is 1. The molecule has 0 aliphatic rings. The van der Waals surface area contributed by atoms with Crippen LogP contribution in [0.1, 0.15) is 12.8 Å². The maximum atomic E-state index is 11.5. The van der Waals surface area contributed by atoms with Crippen LogP contribution in [-0.2, 0) is 6.54 Å². The molecule has 2 N–H and O–H groups in total. The van der Waals surface area contributed by atoms with Crippen LogP contribution in [0.3, 0.4) is 0 Å². The molecule has 1 heterocycles. The number of fused-ring (bicyclic) bond motifs is 1. The van der Waals surface area contributed by atoms with Crippen LogP contribution in [0.5, 0.6) is 0 Å². The summed E-state index contributed by atoms with van der Waals surface area (Å²) in [5.41, 5.74) is 6.83. The predicted octanol–water partition coefficient (Wildman–Crippen LogP) is 1.66. The van der Waals surface area contributed by atoms with Gasteiger partial charge in [0.15, 0.2) is 5.58 Å². The van der Waals surface area contributed by atoms with E-state index in [1.165, 1.54) is 0 Å². The number of hydrogen-bond donors (Lipinski definition) is 1. The molecule has 1 aromatic carbocycles. The van der Waals surface area contributed by atoms with E-state index in [1.54, 1.807) is 10.6 Å². The summed E-state index contributed by atoms with van der Waals surface area (Å²) < 4.78 is 6.70. The van der Waals surface area contributed by atoms with E-state index < -0.39 is 0 Å². The average Bonchev–Trinajstić information content (AvgIpc) is 2.55. The van der Waals surface area contributed by atoms with Crippen LogP contribution in [0.25, 0.3) is 11.1 Å². The monoisotopic (exact) mass is 236 g/mol. The number of benzene rings is 1. The number of nitrogens with zero attached hydrogens (tertiary/aromatic N) is 1. The SMILES string of the molecule is NC(=S)CCCn1c(=O)oc2ccccc21. The lowest BCUT2D eigenvalue weighted by Crippen LogP contribution is -2.16. The lowest BCUT2D eigenvalue weighted by Gasteiger charge is -2.00. The molecule has 0 fully saturated rings. The molecule has 0 aliphatic carbocycles. The van der Waals surface area contributed by atoms with E-state index >= 15 is 0 Å². The van der Waals surface area contributed by atoms with Crippen molar-refractivity contribution in [1.29, 1.82) is 0 Å². The summed E-state index contributed by atoms with van der Waals surface area (Å²) >= 11 is 4.79. The highest BCUT2D eigenvalue weighted by molar-refractivity contribution is 7.80. The molecule has 1 aromatic heterocycles. The highest BCUT2D eigenvalue weighted by atomic mass is 32.1. The predicted molar refractivity (Wildman–Crippen MR) is 66.5 cm³/mol. The van der Waals surface area contributed by atoms with E-state index in [2.05, 4.69) is 0 Å². The van der Waals surface area contributed by atoms with Crippen LogP contribution in [0, 0.1) is 0 Å². The zero-order valence-corrected chi connectivity index (χ0v) is 9.50. The minimum Gasteiger partial charge on any atom is -0.408 e. The molecule has 0 unspecified atom stereocenters. The maximum absolute atomic E-state index is 11.5. The quantitative estimate of drug-likeness (QED) is 0.820. The Kier molecular flexibility index (Phi) is 3.05. The summed E-state index contributed by atoms with van der Waals surface area (Å²) in [6.07, 6.45) is 1.39. The number of rotatable bonds is 4. The zero-order chi connectivity index (χ0) is 11.5. The molecule has 5 heteroatoms. The van der Waals surface area contributed by atoms with Crippen molar-refractivity contribution in [3.8, 4) is 0 Å². The molecular weight excluding hydrogens is 224 g/mol. The van der Waals surface area contributed by atoms with Crippen LogP contribution in [-0.4, -0.2) is 9.56 Å². The lowest BCUT2D eigenvalue weighted by atomic mass is 10.3. The Morgan fingerprint density at radius 3 is 2.94 bits per heavy atom. The van der Waals surface area contributed by atoms with E-state index in [0.717, 1.165) is 11.9 Å². The van der Waals surface area contributed by atoms with Gasteiger partial charge in [-0.1, -0.05) is 24.4 Å². The van der Waals surface area contributed by atoms with E-state index in [1.807, 2.05) is 18.2 Å². The molecule has 0 saturated heterocycles. The topological polar surface area (TPSA) is 61.2 Å². The van der Waals surface area contributed by atoms with E-state index in [4.69, 9.17) is 22.4 Å². The van der Waals surface area contributed by atoms with Gasteiger partial charge in [-0.2, -0.15) is 0 Å². The molecule has 0 atom stereocenters. The molecule has 4 nitrogen and oxygen atoms in total.